The molecule has 6 atom stereocenters. The van der Waals surface area contributed by atoms with E-state index in [-0.39, 0.29) is 42.3 Å². The second-order valence-corrected chi connectivity index (χ2v) is 7.20. The van der Waals surface area contributed by atoms with E-state index in [1.807, 2.05) is 0 Å². The molecule has 7 rings (SSSR count). The van der Waals surface area contributed by atoms with Gasteiger partial charge in [-0.25, -0.2) is 4.90 Å². The van der Waals surface area contributed by atoms with Crippen LogP contribution in [0.25, 0.3) is 0 Å². The van der Waals surface area contributed by atoms with E-state index in [0.29, 0.717) is 29.0 Å². The first-order chi connectivity index (χ1) is 11.2. The topological polar surface area (TPSA) is 55.8 Å². The number of anilines is 1. The van der Waals surface area contributed by atoms with Gasteiger partial charge in [-0.2, -0.15) is 0 Å². The van der Waals surface area contributed by atoms with Crippen molar-refractivity contribution in [3.8, 4) is 11.5 Å². The lowest BCUT2D eigenvalue weighted by Gasteiger charge is -2.37. The smallest absolute Gasteiger partial charge is 0.238 e. The van der Waals surface area contributed by atoms with E-state index >= 15 is 0 Å². The molecule has 1 aromatic rings. The fourth-order valence-electron chi connectivity index (χ4n) is 5.24. The molecule has 1 aromatic carbocycles. The fraction of sp³-hybridized carbons (Fsp3) is 0.444. The molecule has 2 amide bonds. The average Bonchev–Trinajstić information content (AvgIpc) is 3.20. The third kappa shape index (κ3) is 1.35. The molecule has 4 aliphatic carbocycles. The van der Waals surface area contributed by atoms with Crippen LogP contribution >= 0.6 is 0 Å². The van der Waals surface area contributed by atoms with E-state index in [4.69, 9.17) is 9.47 Å². The van der Waals surface area contributed by atoms with Gasteiger partial charge in [-0.1, -0.05) is 12.2 Å². The van der Waals surface area contributed by atoms with Crippen molar-refractivity contribution in [2.24, 2.45) is 35.5 Å². The molecule has 2 heterocycles. The quantitative estimate of drug-likeness (QED) is 0.588. The molecule has 0 aromatic heterocycles. The summed E-state index contributed by atoms with van der Waals surface area (Å²) in [5.74, 6) is 2.62. The van der Waals surface area contributed by atoms with Crippen LogP contribution < -0.4 is 14.4 Å². The van der Waals surface area contributed by atoms with Gasteiger partial charge < -0.3 is 9.47 Å². The van der Waals surface area contributed by atoms with Crippen LogP contribution in [0.3, 0.4) is 0 Å². The monoisotopic (exact) mass is 309 g/mol. The number of allylic oxidation sites excluding steroid dienone is 2. The molecule has 3 fully saturated rings. The van der Waals surface area contributed by atoms with Gasteiger partial charge >= 0.3 is 0 Å². The Labute approximate surface area is 132 Å². The zero-order valence-electron chi connectivity index (χ0n) is 12.3. The largest absolute Gasteiger partial charge is 0.454 e. The molecule has 0 unspecified atom stereocenters. The molecule has 2 aliphatic heterocycles. The van der Waals surface area contributed by atoms with Crippen molar-refractivity contribution in [3.63, 3.8) is 0 Å². The first-order valence-electron chi connectivity index (χ1n) is 8.20. The lowest BCUT2D eigenvalue weighted by Crippen LogP contribution is -2.40. The summed E-state index contributed by atoms with van der Waals surface area (Å²) < 4.78 is 10.7. The molecular weight excluding hydrogens is 294 g/mol. The summed E-state index contributed by atoms with van der Waals surface area (Å²) in [4.78, 5) is 27.4. The minimum atomic E-state index is -0.160. The predicted molar refractivity (Wildman–Crippen MR) is 79.8 cm³/mol. The number of imide groups is 1. The molecule has 0 spiro atoms. The normalized spacial score (nSPS) is 41.3. The van der Waals surface area contributed by atoms with Crippen LogP contribution in [0.5, 0.6) is 11.5 Å². The Hall–Kier alpha value is -2.30. The van der Waals surface area contributed by atoms with Gasteiger partial charge in [0.15, 0.2) is 11.5 Å². The summed E-state index contributed by atoms with van der Waals surface area (Å²) in [6, 6.07) is 5.28. The first-order valence-corrected chi connectivity index (χ1v) is 8.20. The number of carbonyl (C=O) groups is 2. The van der Waals surface area contributed by atoms with Crippen molar-refractivity contribution in [1.82, 2.24) is 0 Å². The summed E-state index contributed by atoms with van der Waals surface area (Å²) in [7, 11) is 0. The fourth-order valence-corrected chi connectivity index (χ4v) is 5.24. The molecule has 2 bridgehead atoms. The van der Waals surface area contributed by atoms with Gasteiger partial charge in [0.25, 0.3) is 0 Å². The number of nitrogens with zero attached hydrogens (tertiary/aromatic N) is 1. The Balaban J connectivity index is 1.43. The summed E-state index contributed by atoms with van der Waals surface area (Å²) in [5, 5.41) is 0. The van der Waals surface area contributed by atoms with Crippen LogP contribution in [0.1, 0.15) is 6.42 Å². The number of ether oxygens (including phenoxy) is 2. The summed E-state index contributed by atoms with van der Waals surface area (Å²) >= 11 is 0. The van der Waals surface area contributed by atoms with Crippen LogP contribution in [0.15, 0.2) is 30.4 Å². The lowest BCUT2D eigenvalue weighted by atomic mass is 9.63. The minimum absolute atomic E-state index is 0.0384. The number of fused-ring (bicyclic) bond motifs is 1. The van der Waals surface area contributed by atoms with E-state index in [9.17, 15) is 9.59 Å². The van der Waals surface area contributed by atoms with Gasteiger partial charge in [-0.15, -0.1) is 0 Å². The van der Waals surface area contributed by atoms with Crippen molar-refractivity contribution in [2.75, 3.05) is 11.7 Å². The highest BCUT2D eigenvalue weighted by atomic mass is 16.7. The Morgan fingerprint density at radius 1 is 0.913 bits per heavy atom. The molecule has 1 saturated heterocycles. The van der Waals surface area contributed by atoms with Gasteiger partial charge in [0.1, 0.15) is 0 Å². The molecule has 23 heavy (non-hydrogen) atoms. The number of hydrogen-bond donors (Lipinski definition) is 0. The van der Waals surface area contributed by atoms with Gasteiger partial charge in [-0.05, 0) is 42.2 Å². The number of amides is 2. The zero-order chi connectivity index (χ0) is 15.3. The number of hydrogen-bond acceptors (Lipinski definition) is 4. The van der Waals surface area contributed by atoms with E-state index in [1.165, 1.54) is 11.3 Å². The van der Waals surface area contributed by atoms with E-state index in [0.717, 1.165) is 0 Å². The van der Waals surface area contributed by atoms with E-state index < -0.39 is 0 Å². The van der Waals surface area contributed by atoms with Gasteiger partial charge in [-0.3, -0.25) is 9.59 Å². The maximum atomic E-state index is 13.0. The molecule has 2 saturated carbocycles. The molecule has 0 N–H and O–H groups in total. The van der Waals surface area contributed by atoms with Crippen LogP contribution in [-0.4, -0.2) is 18.6 Å². The lowest BCUT2D eigenvalue weighted by molar-refractivity contribution is -0.124. The van der Waals surface area contributed by atoms with E-state index in [2.05, 4.69) is 12.2 Å². The van der Waals surface area contributed by atoms with Gasteiger partial charge in [0.2, 0.25) is 18.6 Å². The molecular formula is C18H15NO4. The highest BCUT2D eigenvalue weighted by molar-refractivity contribution is 6.22. The number of rotatable bonds is 1. The number of benzene rings is 1. The summed E-state index contributed by atoms with van der Waals surface area (Å²) in [6.45, 7) is 0.184. The third-order valence-electron chi connectivity index (χ3n) is 6.28. The second-order valence-electron chi connectivity index (χ2n) is 7.20. The summed E-state index contributed by atoms with van der Waals surface area (Å²) in [6.07, 6.45) is 5.56. The van der Waals surface area contributed by atoms with Crippen LogP contribution in [0, 0.1) is 35.5 Å². The minimum Gasteiger partial charge on any atom is -0.454 e. The first kappa shape index (κ1) is 12.2. The third-order valence-corrected chi connectivity index (χ3v) is 6.28. The molecule has 116 valence electrons. The average molecular weight is 309 g/mol. The molecule has 6 aliphatic rings. The van der Waals surface area contributed by atoms with Crippen molar-refractivity contribution < 1.29 is 19.1 Å². The van der Waals surface area contributed by atoms with Gasteiger partial charge in [0, 0.05) is 6.07 Å². The van der Waals surface area contributed by atoms with Crippen molar-refractivity contribution in [2.45, 2.75) is 6.42 Å². The van der Waals surface area contributed by atoms with Crippen molar-refractivity contribution in [1.29, 1.82) is 0 Å². The Morgan fingerprint density at radius 2 is 1.57 bits per heavy atom. The highest BCUT2D eigenvalue weighted by Crippen LogP contribution is 2.65. The Morgan fingerprint density at radius 3 is 2.26 bits per heavy atom. The maximum Gasteiger partial charge on any atom is 0.238 e. The maximum absolute atomic E-state index is 13.0. The van der Waals surface area contributed by atoms with Crippen molar-refractivity contribution >= 4 is 17.5 Å². The highest BCUT2D eigenvalue weighted by Gasteiger charge is 2.67. The van der Waals surface area contributed by atoms with E-state index in [1.54, 1.807) is 18.2 Å². The number of carbonyl (C=O) groups excluding carboxylic acids is 2. The van der Waals surface area contributed by atoms with Crippen LogP contribution in [0.2, 0.25) is 0 Å². The predicted octanol–water partition coefficient (Wildman–Crippen LogP) is 1.97. The molecule has 5 nitrogen and oxygen atoms in total. The van der Waals surface area contributed by atoms with Crippen LogP contribution in [0.4, 0.5) is 5.69 Å². The molecule has 5 heteroatoms. The van der Waals surface area contributed by atoms with Crippen molar-refractivity contribution in [3.05, 3.63) is 30.4 Å². The Kier molecular flexibility index (Phi) is 2.00. The molecule has 0 radical (unpaired) electrons. The second kappa shape index (κ2) is 3.78. The SMILES string of the molecule is O=C1[C@@H]2[C@@H]3C=C[C@H]([C@@H]4C[C@H]34)[C@@H]2C(=O)N1c1ccc2c(c1)OCO2. The summed E-state index contributed by atoms with van der Waals surface area (Å²) in [5.41, 5.74) is 0.603. The standard InChI is InChI=1S/C18H15NO4/c20-17-15-9-2-3-10(12-6-11(9)12)16(15)18(21)19(17)8-1-4-13-14(5-8)23-7-22-13/h1-5,9-12,15-16H,6-7H2/t9-,10-,11-,12+,15-,16+/m1/s1. The van der Waals surface area contributed by atoms with Crippen LogP contribution in [-0.2, 0) is 9.59 Å². The zero-order valence-corrected chi connectivity index (χ0v) is 12.3. The van der Waals surface area contributed by atoms with Gasteiger partial charge in [0.05, 0.1) is 17.5 Å². The Bertz CT molecular complexity index is 764.